The summed E-state index contributed by atoms with van der Waals surface area (Å²) in [6, 6.07) is 2.87. The average Bonchev–Trinajstić information content (AvgIpc) is 2.52. The third kappa shape index (κ3) is 4.97. The number of non-ortho nitro benzene ring substituents is 1. The van der Waals surface area contributed by atoms with Crippen molar-refractivity contribution in [2.24, 2.45) is 5.92 Å². The van der Waals surface area contributed by atoms with Gasteiger partial charge in [0.25, 0.3) is 12.1 Å². The number of nitrogens with zero attached hydrogens (tertiary/aromatic N) is 1. The SMILES string of the molecule is CCOC(=O)C(Cc1ccc([N+](=O)[O-])cc1C(F)F)C(=O)OCC. The highest BCUT2D eigenvalue weighted by atomic mass is 19.3. The maximum atomic E-state index is 13.2. The average molecular weight is 345 g/mol. The van der Waals surface area contributed by atoms with Gasteiger partial charge in [0.2, 0.25) is 0 Å². The number of esters is 2. The highest BCUT2D eigenvalue weighted by molar-refractivity contribution is 5.95. The maximum Gasteiger partial charge on any atom is 0.320 e. The Balaban J connectivity index is 3.18. The summed E-state index contributed by atoms with van der Waals surface area (Å²) in [7, 11) is 0. The summed E-state index contributed by atoms with van der Waals surface area (Å²) in [5.74, 6) is -3.20. The number of benzene rings is 1. The molecule has 1 aromatic rings. The molecule has 0 aromatic heterocycles. The van der Waals surface area contributed by atoms with Gasteiger partial charge >= 0.3 is 11.9 Å². The van der Waals surface area contributed by atoms with Crippen LogP contribution in [0.1, 0.15) is 31.4 Å². The summed E-state index contributed by atoms with van der Waals surface area (Å²) >= 11 is 0. The first-order valence-corrected chi connectivity index (χ1v) is 7.20. The van der Waals surface area contributed by atoms with E-state index in [1.807, 2.05) is 0 Å². The topological polar surface area (TPSA) is 95.7 Å². The van der Waals surface area contributed by atoms with Crippen molar-refractivity contribution in [3.05, 3.63) is 39.4 Å². The zero-order chi connectivity index (χ0) is 18.3. The molecule has 0 bridgehead atoms. The van der Waals surface area contributed by atoms with Gasteiger partial charge in [-0.05, 0) is 25.8 Å². The van der Waals surface area contributed by atoms with E-state index in [1.165, 1.54) is 13.8 Å². The lowest BCUT2D eigenvalue weighted by molar-refractivity contribution is -0.385. The van der Waals surface area contributed by atoms with Crippen molar-refractivity contribution in [2.75, 3.05) is 13.2 Å². The van der Waals surface area contributed by atoms with E-state index in [9.17, 15) is 28.5 Å². The maximum absolute atomic E-state index is 13.2. The number of nitro groups is 1. The monoisotopic (exact) mass is 345 g/mol. The fourth-order valence-electron chi connectivity index (χ4n) is 2.05. The lowest BCUT2D eigenvalue weighted by Crippen LogP contribution is -2.30. The molecule has 0 aliphatic rings. The second kappa shape index (κ2) is 8.90. The predicted molar refractivity (Wildman–Crippen MR) is 78.5 cm³/mol. The summed E-state index contributed by atoms with van der Waals surface area (Å²) in [5.41, 5.74) is -1.16. The van der Waals surface area contributed by atoms with Crippen LogP contribution in [0.4, 0.5) is 14.5 Å². The van der Waals surface area contributed by atoms with Gasteiger partial charge in [0.1, 0.15) is 0 Å². The molecule has 0 unspecified atom stereocenters. The molecule has 132 valence electrons. The van der Waals surface area contributed by atoms with Crippen molar-refractivity contribution in [3.63, 3.8) is 0 Å². The molecule has 1 rings (SSSR count). The molecule has 0 N–H and O–H groups in total. The van der Waals surface area contributed by atoms with E-state index in [1.54, 1.807) is 0 Å². The molecule has 0 saturated heterocycles. The quantitative estimate of drug-likeness (QED) is 0.311. The van der Waals surface area contributed by atoms with Crippen molar-refractivity contribution in [1.82, 2.24) is 0 Å². The molecule has 0 amide bonds. The number of carbonyl (C=O) groups excluding carboxylic acids is 2. The molecule has 0 radical (unpaired) electrons. The number of nitro benzene ring substituents is 1. The molecule has 0 aliphatic carbocycles. The molecular formula is C15H17F2NO6. The van der Waals surface area contributed by atoms with Gasteiger partial charge in [0.15, 0.2) is 5.92 Å². The fourth-order valence-corrected chi connectivity index (χ4v) is 2.05. The van der Waals surface area contributed by atoms with Gasteiger partial charge in [-0.25, -0.2) is 8.78 Å². The molecule has 0 atom stereocenters. The molecule has 24 heavy (non-hydrogen) atoms. The minimum atomic E-state index is -3.00. The van der Waals surface area contributed by atoms with Gasteiger partial charge in [-0.3, -0.25) is 19.7 Å². The summed E-state index contributed by atoms with van der Waals surface area (Å²) in [6.45, 7) is 3.10. The van der Waals surface area contributed by atoms with Crippen molar-refractivity contribution in [3.8, 4) is 0 Å². The highest BCUT2D eigenvalue weighted by Gasteiger charge is 2.31. The molecule has 1 aromatic carbocycles. The molecule has 7 nitrogen and oxygen atoms in total. The van der Waals surface area contributed by atoms with Gasteiger partial charge in [-0.2, -0.15) is 0 Å². The smallest absolute Gasteiger partial charge is 0.320 e. The number of carbonyl (C=O) groups is 2. The van der Waals surface area contributed by atoms with Gasteiger partial charge in [-0.15, -0.1) is 0 Å². The van der Waals surface area contributed by atoms with Crippen LogP contribution in [0.5, 0.6) is 0 Å². The van der Waals surface area contributed by atoms with E-state index >= 15 is 0 Å². The molecule has 0 spiro atoms. The Morgan fingerprint density at radius 2 is 1.71 bits per heavy atom. The van der Waals surface area contributed by atoms with E-state index in [0.29, 0.717) is 0 Å². The number of hydrogen-bond donors (Lipinski definition) is 0. The molecule has 9 heteroatoms. The van der Waals surface area contributed by atoms with Crippen LogP contribution in [0.25, 0.3) is 0 Å². The van der Waals surface area contributed by atoms with Crippen molar-refractivity contribution >= 4 is 17.6 Å². The fraction of sp³-hybridized carbons (Fsp3) is 0.467. The van der Waals surface area contributed by atoms with E-state index < -0.39 is 46.9 Å². The van der Waals surface area contributed by atoms with E-state index in [-0.39, 0.29) is 18.8 Å². The van der Waals surface area contributed by atoms with Gasteiger partial charge in [0, 0.05) is 17.7 Å². The second-order valence-electron chi connectivity index (χ2n) is 4.70. The summed E-state index contributed by atoms with van der Waals surface area (Å²) in [6.07, 6.45) is -3.39. The van der Waals surface area contributed by atoms with Crippen LogP contribution < -0.4 is 0 Å². The zero-order valence-electron chi connectivity index (χ0n) is 13.2. The minimum Gasteiger partial charge on any atom is -0.465 e. The molecule has 0 saturated carbocycles. The first-order valence-electron chi connectivity index (χ1n) is 7.20. The number of hydrogen-bond acceptors (Lipinski definition) is 6. The Hall–Kier alpha value is -2.58. The Morgan fingerprint density at radius 3 is 2.12 bits per heavy atom. The van der Waals surface area contributed by atoms with Gasteiger partial charge < -0.3 is 9.47 Å². The number of rotatable bonds is 8. The van der Waals surface area contributed by atoms with Crippen molar-refractivity contribution in [1.29, 1.82) is 0 Å². The van der Waals surface area contributed by atoms with E-state index in [2.05, 4.69) is 0 Å². The summed E-state index contributed by atoms with van der Waals surface area (Å²) in [4.78, 5) is 33.7. The van der Waals surface area contributed by atoms with Crippen LogP contribution >= 0.6 is 0 Å². The third-order valence-corrected chi connectivity index (χ3v) is 3.14. The largest absolute Gasteiger partial charge is 0.465 e. The second-order valence-corrected chi connectivity index (χ2v) is 4.70. The Labute approximate surface area is 136 Å². The molecule has 0 aliphatic heterocycles. The van der Waals surface area contributed by atoms with E-state index in [0.717, 1.165) is 18.2 Å². The summed E-state index contributed by atoms with van der Waals surface area (Å²) in [5, 5.41) is 10.7. The van der Waals surface area contributed by atoms with Crippen LogP contribution in [0.2, 0.25) is 0 Å². The van der Waals surface area contributed by atoms with Crippen molar-refractivity contribution in [2.45, 2.75) is 26.7 Å². The van der Waals surface area contributed by atoms with Gasteiger partial charge in [-0.1, -0.05) is 6.07 Å². The van der Waals surface area contributed by atoms with Crippen LogP contribution in [-0.4, -0.2) is 30.1 Å². The van der Waals surface area contributed by atoms with Crippen LogP contribution in [0.15, 0.2) is 18.2 Å². The zero-order valence-corrected chi connectivity index (χ0v) is 13.2. The number of alkyl halides is 2. The highest BCUT2D eigenvalue weighted by Crippen LogP contribution is 2.29. The predicted octanol–water partition coefficient (Wildman–Crippen LogP) is 2.82. The van der Waals surface area contributed by atoms with Crippen LogP contribution in [0.3, 0.4) is 0 Å². The number of ether oxygens (including phenoxy) is 2. The van der Waals surface area contributed by atoms with Crippen LogP contribution in [-0.2, 0) is 25.5 Å². The normalized spacial score (nSPS) is 10.8. The minimum absolute atomic E-state index is 0.0106. The standard InChI is InChI=1S/C15H17F2NO6/c1-3-23-14(19)12(15(20)24-4-2)7-9-5-6-10(18(21)22)8-11(9)13(16)17/h5-6,8,12-13H,3-4,7H2,1-2H3. The first-order chi connectivity index (χ1) is 11.3. The Morgan fingerprint density at radius 1 is 1.17 bits per heavy atom. The number of halogens is 2. The first kappa shape index (κ1) is 19.5. The molecule has 0 fully saturated rings. The van der Waals surface area contributed by atoms with Gasteiger partial charge in [0.05, 0.1) is 18.1 Å². The van der Waals surface area contributed by atoms with Crippen LogP contribution in [0, 0.1) is 16.0 Å². The molecule has 0 heterocycles. The molecular weight excluding hydrogens is 328 g/mol. The third-order valence-electron chi connectivity index (χ3n) is 3.14. The Kier molecular flexibility index (Phi) is 7.22. The lowest BCUT2D eigenvalue weighted by Gasteiger charge is -2.16. The van der Waals surface area contributed by atoms with Crippen molar-refractivity contribution < 1.29 is 32.8 Å². The van der Waals surface area contributed by atoms with E-state index in [4.69, 9.17) is 9.47 Å². The Bertz CT molecular complexity index is 602. The summed E-state index contributed by atoms with van der Waals surface area (Å²) < 4.78 is 35.9. The lowest BCUT2D eigenvalue weighted by atomic mass is 9.95.